The summed E-state index contributed by atoms with van der Waals surface area (Å²) in [6, 6.07) is 2.68. The van der Waals surface area contributed by atoms with Crippen LogP contribution in [0.1, 0.15) is 24.4 Å². The highest BCUT2D eigenvalue weighted by Crippen LogP contribution is 2.34. The SMILES string of the molecule is CNCC1CCCN(C)C1c1cncc(Br)c1. The number of halogens is 1. The van der Waals surface area contributed by atoms with E-state index in [4.69, 9.17) is 0 Å². The average molecular weight is 298 g/mol. The second kappa shape index (κ2) is 5.94. The molecule has 0 radical (unpaired) electrons. The molecule has 0 bridgehead atoms. The summed E-state index contributed by atoms with van der Waals surface area (Å²) in [5.74, 6) is 0.676. The number of piperidine rings is 1. The molecule has 1 aliphatic heterocycles. The molecular weight excluding hydrogens is 278 g/mol. The minimum atomic E-state index is 0.487. The molecule has 0 aromatic carbocycles. The lowest BCUT2D eigenvalue weighted by atomic mass is 9.85. The first-order valence-corrected chi connectivity index (χ1v) is 6.97. The van der Waals surface area contributed by atoms with Crippen molar-refractivity contribution in [2.45, 2.75) is 18.9 Å². The first-order valence-electron chi connectivity index (χ1n) is 6.17. The molecule has 1 aliphatic rings. The number of aromatic nitrogens is 1. The summed E-state index contributed by atoms with van der Waals surface area (Å²) >= 11 is 3.51. The van der Waals surface area contributed by atoms with Crippen molar-refractivity contribution >= 4 is 15.9 Å². The molecule has 2 heterocycles. The highest BCUT2D eigenvalue weighted by atomic mass is 79.9. The lowest BCUT2D eigenvalue weighted by Gasteiger charge is -2.39. The first-order chi connectivity index (χ1) is 8.22. The zero-order chi connectivity index (χ0) is 12.3. The van der Waals surface area contributed by atoms with E-state index in [0.717, 1.165) is 11.0 Å². The van der Waals surface area contributed by atoms with E-state index in [1.54, 1.807) is 0 Å². The molecule has 3 nitrogen and oxygen atoms in total. The Kier molecular flexibility index (Phi) is 4.54. The Morgan fingerprint density at radius 2 is 2.35 bits per heavy atom. The van der Waals surface area contributed by atoms with Gasteiger partial charge in [0.25, 0.3) is 0 Å². The van der Waals surface area contributed by atoms with Crippen LogP contribution in [0, 0.1) is 5.92 Å². The van der Waals surface area contributed by atoms with E-state index in [1.165, 1.54) is 24.9 Å². The number of nitrogens with one attached hydrogen (secondary N) is 1. The fourth-order valence-corrected chi connectivity index (χ4v) is 3.23. The first kappa shape index (κ1) is 13.0. The highest BCUT2D eigenvalue weighted by Gasteiger charge is 2.30. The van der Waals surface area contributed by atoms with Gasteiger partial charge in [-0.15, -0.1) is 0 Å². The summed E-state index contributed by atoms with van der Waals surface area (Å²) < 4.78 is 1.07. The van der Waals surface area contributed by atoms with E-state index in [9.17, 15) is 0 Å². The van der Waals surface area contributed by atoms with Crippen molar-refractivity contribution in [1.29, 1.82) is 0 Å². The van der Waals surface area contributed by atoms with Crippen molar-refractivity contribution in [1.82, 2.24) is 15.2 Å². The second-order valence-corrected chi connectivity index (χ2v) is 5.74. The predicted octanol–water partition coefficient (Wildman–Crippen LogP) is 2.45. The Bertz CT molecular complexity index is 367. The number of likely N-dealkylation sites (tertiary alicyclic amines) is 1. The van der Waals surface area contributed by atoms with Gasteiger partial charge in [0, 0.05) is 22.9 Å². The maximum Gasteiger partial charge on any atom is 0.0410 e. The standard InChI is InChI=1S/C13H20BrN3/c1-15-7-10-4-3-5-17(2)13(10)11-6-12(14)9-16-8-11/h6,8-10,13,15H,3-5,7H2,1-2H3. The van der Waals surface area contributed by atoms with Crippen molar-refractivity contribution in [2.75, 3.05) is 27.2 Å². The van der Waals surface area contributed by atoms with Gasteiger partial charge < -0.3 is 5.32 Å². The molecule has 1 N–H and O–H groups in total. The summed E-state index contributed by atoms with van der Waals surface area (Å²) in [4.78, 5) is 6.75. The van der Waals surface area contributed by atoms with Crippen LogP contribution < -0.4 is 5.32 Å². The molecule has 2 rings (SSSR count). The molecule has 2 unspecified atom stereocenters. The van der Waals surface area contributed by atoms with Gasteiger partial charge in [0.15, 0.2) is 0 Å². The predicted molar refractivity (Wildman–Crippen MR) is 74.0 cm³/mol. The summed E-state index contributed by atoms with van der Waals surface area (Å²) in [5, 5.41) is 3.31. The zero-order valence-electron chi connectivity index (χ0n) is 10.5. The molecule has 17 heavy (non-hydrogen) atoms. The number of hydrogen-bond acceptors (Lipinski definition) is 3. The van der Waals surface area contributed by atoms with Gasteiger partial charge in [0.2, 0.25) is 0 Å². The third-order valence-corrected chi connectivity index (χ3v) is 3.97. The summed E-state index contributed by atoms with van der Waals surface area (Å²) in [6.45, 7) is 2.25. The Morgan fingerprint density at radius 1 is 1.53 bits per heavy atom. The molecule has 0 amide bonds. The quantitative estimate of drug-likeness (QED) is 0.929. The molecule has 1 aromatic rings. The van der Waals surface area contributed by atoms with E-state index in [0.29, 0.717) is 12.0 Å². The molecule has 1 aromatic heterocycles. The van der Waals surface area contributed by atoms with Crippen LogP contribution >= 0.6 is 15.9 Å². The number of hydrogen-bond donors (Lipinski definition) is 1. The van der Waals surface area contributed by atoms with Crippen LogP contribution in [-0.4, -0.2) is 37.1 Å². The largest absolute Gasteiger partial charge is 0.319 e. The molecule has 0 spiro atoms. The number of pyridine rings is 1. The van der Waals surface area contributed by atoms with Gasteiger partial charge in [-0.1, -0.05) is 0 Å². The van der Waals surface area contributed by atoms with Crippen LogP contribution in [0.25, 0.3) is 0 Å². The second-order valence-electron chi connectivity index (χ2n) is 4.82. The van der Waals surface area contributed by atoms with Crippen molar-refractivity contribution in [2.24, 2.45) is 5.92 Å². The van der Waals surface area contributed by atoms with E-state index >= 15 is 0 Å². The van der Waals surface area contributed by atoms with Crippen LogP contribution in [0.2, 0.25) is 0 Å². The van der Waals surface area contributed by atoms with Gasteiger partial charge in [0.05, 0.1) is 0 Å². The van der Waals surface area contributed by atoms with Gasteiger partial charge in [-0.25, -0.2) is 0 Å². The highest BCUT2D eigenvalue weighted by molar-refractivity contribution is 9.10. The Morgan fingerprint density at radius 3 is 3.06 bits per heavy atom. The van der Waals surface area contributed by atoms with E-state index in [1.807, 2.05) is 19.4 Å². The molecule has 94 valence electrons. The molecular formula is C13H20BrN3. The smallest absolute Gasteiger partial charge is 0.0410 e. The van der Waals surface area contributed by atoms with Crippen LogP contribution in [0.5, 0.6) is 0 Å². The van der Waals surface area contributed by atoms with E-state index in [-0.39, 0.29) is 0 Å². The number of nitrogens with zero attached hydrogens (tertiary/aromatic N) is 2. The molecule has 0 saturated carbocycles. The van der Waals surface area contributed by atoms with Crippen molar-refractivity contribution < 1.29 is 0 Å². The Balaban J connectivity index is 2.24. The van der Waals surface area contributed by atoms with E-state index in [2.05, 4.69) is 44.2 Å². The maximum atomic E-state index is 4.29. The van der Waals surface area contributed by atoms with E-state index < -0.39 is 0 Å². The lowest BCUT2D eigenvalue weighted by Crippen LogP contribution is -2.39. The van der Waals surface area contributed by atoms with Crippen LogP contribution in [0.3, 0.4) is 0 Å². The van der Waals surface area contributed by atoms with Gasteiger partial charge in [-0.2, -0.15) is 0 Å². The minimum Gasteiger partial charge on any atom is -0.319 e. The normalized spacial score (nSPS) is 26.1. The lowest BCUT2D eigenvalue weighted by molar-refractivity contribution is 0.120. The molecule has 0 aliphatic carbocycles. The summed E-state index contributed by atoms with van der Waals surface area (Å²) in [6.07, 6.45) is 6.43. The molecule has 2 atom stereocenters. The molecule has 1 fully saturated rings. The zero-order valence-corrected chi connectivity index (χ0v) is 12.1. The molecule has 1 saturated heterocycles. The van der Waals surface area contributed by atoms with Crippen LogP contribution in [0.4, 0.5) is 0 Å². The Labute approximate surface area is 112 Å². The van der Waals surface area contributed by atoms with Crippen molar-refractivity contribution in [3.8, 4) is 0 Å². The van der Waals surface area contributed by atoms with Crippen LogP contribution in [-0.2, 0) is 0 Å². The van der Waals surface area contributed by atoms with Crippen molar-refractivity contribution in [3.63, 3.8) is 0 Å². The van der Waals surface area contributed by atoms with Gasteiger partial charge >= 0.3 is 0 Å². The van der Waals surface area contributed by atoms with Gasteiger partial charge in [0.1, 0.15) is 0 Å². The number of rotatable bonds is 3. The average Bonchev–Trinajstić information content (AvgIpc) is 2.29. The monoisotopic (exact) mass is 297 g/mol. The van der Waals surface area contributed by atoms with Crippen LogP contribution in [0.15, 0.2) is 22.9 Å². The third kappa shape index (κ3) is 3.06. The summed E-state index contributed by atoms with van der Waals surface area (Å²) in [7, 11) is 4.25. The van der Waals surface area contributed by atoms with Gasteiger partial charge in [-0.3, -0.25) is 9.88 Å². The topological polar surface area (TPSA) is 28.2 Å². The van der Waals surface area contributed by atoms with Crippen molar-refractivity contribution in [3.05, 3.63) is 28.5 Å². The minimum absolute atomic E-state index is 0.487. The molecule has 4 heteroatoms. The fraction of sp³-hybridized carbons (Fsp3) is 0.615. The third-order valence-electron chi connectivity index (χ3n) is 3.54. The Hall–Kier alpha value is -0.450. The fourth-order valence-electron chi connectivity index (χ4n) is 2.85. The van der Waals surface area contributed by atoms with Gasteiger partial charge in [-0.05, 0) is 73.5 Å². The summed E-state index contributed by atoms with van der Waals surface area (Å²) in [5.41, 5.74) is 1.32. The maximum absolute atomic E-state index is 4.29.